The first kappa shape index (κ1) is 19.1. The number of hydrogen-bond acceptors (Lipinski definition) is 3. The second-order valence-corrected chi connectivity index (χ2v) is 7.04. The third kappa shape index (κ3) is 3.98. The summed E-state index contributed by atoms with van der Waals surface area (Å²) in [5.74, 6) is 1.59. The Balaban J connectivity index is 1.85. The zero-order chi connectivity index (χ0) is 20.2. The van der Waals surface area contributed by atoms with Crippen molar-refractivity contribution in [3.63, 3.8) is 0 Å². The highest BCUT2D eigenvalue weighted by molar-refractivity contribution is 6.30. The van der Waals surface area contributed by atoms with Crippen molar-refractivity contribution in [1.82, 2.24) is 9.78 Å². The molecule has 0 N–H and O–H groups in total. The van der Waals surface area contributed by atoms with Crippen molar-refractivity contribution >= 4 is 11.6 Å². The molecule has 0 aliphatic rings. The van der Waals surface area contributed by atoms with Crippen molar-refractivity contribution in [2.45, 2.75) is 6.54 Å². The van der Waals surface area contributed by atoms with E-state index in [4.69, 9.17) is 26.2 Å². The molecule has 5 heteroatoms. The SMILES string of the molecule is COc1ccccc1-c1cc(-c2ccccc2OC)n(Cc2ccc(Cl)cc2)n1. The van der Waals surface area contributed by atoms with E-state index in [1.54, 1.807) is 14.2 Å². The molecule has 0 unspecified atom stereocenters. The predicted octanol–water partition coefficient (Wildman–Crippen LogP) is 5.94. The highest BCUT2D eigenvalue weighted by Crippen LogP contribution is 2.35. The first-order chi connectivity index (χ1) is 14.2. The van der Waals surface area contributed by atoms with Crippen LogP contribution in [0.1, 0.15) is 5.56 Å². The van der Waals surface area contributed by atoms with Gasteiger partial charge in [-0.05, 0) is 48.0 Å². The summed E-state index contributed by atoms with van der Waals surface area (Å²) in [6.45, 7) is 0.611. The van der Waals surface area contributed by atoms with Gasteiger partial charge in [0.1, 0.15) is 11.5 Å². The molecule has 1 aromatic heterocycles. The minimum absolute atomic E-state index is 0.611. The standard InChI is InChI=1S/C24H21ClN2O2/c1-28-23-9-5-3-7-19(23)21-15-22(20-8-4-6-10-24(20)29-2)27(26-21)16-17-11-13-18(25)14-12-17/h3-15H,16H2,1-2H3. The maximum atomic E-state index is 6.05. The predicted molar refractivity (Wildman–Crippen MR) is 117 cm³/mol. The number of aromatic nitrogens is 2. The molecule has 4 nitrogen and oxygen atoms in total. The van der Waals surface area contributed by atoms with Gasteiger partial charge in [-0.1, -0.05) is 48.0 Å². The fourth-order valence-corrected chi connectivity index (χ4v) is 3.49. The quantitative estimate of drug-likeness (QED) is 0.399. The molecule has 0 radical (unpaired) electrons. The number of hydrogen-bond donors (Lipinski definition) is 0. The first-order valence-corrected chi connectivity index (χ1v) is 9.66. The van der Waals surface area contributed by atoms with E-state index in [9.17, 15) is 0 Å². The van der Waals surface area contributed by atoms with E-state index in [2.05, 4.69) is 6.07 Å². The van der Waals surface area contributed by atoms with E-state index in [1.807, 2.05) is 77.5 Å². The topological polar surface area (TPSA) is 36.3 Å². The van der Waals surface area contributed by atoms with Gasteiger partial charge < -0.3 is 9.47 Å². The van der Waals surface area contributed by atoms with Crippen LogP contribution < -0.4 is 9.47 Å². The average Bonchev–Trinajstić information content (AvgIpc) is 3.18. The summed E-state index contributed by atoms with van der Waals surface area (Å²) in [7, 11) is 3.35. The maximum absolute atomic E-state index is 6.05. The van der Waals surface area contributed by atoms with Crippen LogP contribution in [0.3, 0.4) is 0 Å². The van der Waals surface area contributed by atoms with Gasteiger partial charge in [0.2, 0.25) is 0 Å². The number of nitrogens with zero attached hydrogens (tertiary/aromatic N) is 2. The summed E-state index contributed by atoms with van der Waals surface area (Å²) in [5, 5.41) is 5.62. The molecule has 29 heavy (non-hydrogen) atoms. The third-order valence-corrected chi connectivity index (χ3v) is 5.04. The van der Waals surface area contributed by atoms with Crippen molar-refractivity contribution in [2.24, 2.45) is 0 Å². The number of benzene rings is 3. The lowest BCUT2D eigenvalue weighted by Gasteiger charge is -2.11. The molecule has 0 bridgehead atoms. The summed E-state index contributed by atoms with van der Waals surface area (Å²) in [4.78, 5) is 0. The van der Waals surface area contributed by atoms with E-state index in [1.165, 1.54) is 0 Å². The minimum atomic E-state index is 0.611. The Morgan fingerprint density at radius 2 is 1.38 bits per heavy atom. The molecule has 0 aliphatic heterocycles. The molecule has 4 rings (SSSR count). The molecule has 0 aliphatic carbocycles. The zero-order valence-electron chi connectivity index (χ0n) is 16.3. The molecule has 0 saturated carbocycles. The Morgan fingerprint density at radius 3 is 2.03 bits per heavy atom. The summed E-state index contributed by atoms with van der Waals surface area (Å²) < 4.78 is 13.1. The van der Waals surface area contributed by atoms with Gasteiger partial charge in [-0.2, -0.15) is 5.10 Å². The van der Waals surface area contributed by atoms with Gasteiger partial charge in [-0.15, -0.1) is 0 Å². The zero-order valence-corrected chi connectivity index (χ0v) is 17.1. The summed E-state index contributed by atoms with van der Waals surface area (Å²) in [6.07, 6.45) is 0. The molecule has 4 aromatic rings. The lowest BCUT2D eigenvalue weighted by Crippen LogP contribution is -2.04. The van der Waals surface area contributed by atoms with E-state index in [0.717, 1.165) is 39.6 Å². The van der Waals surface area contributed by atoms with Gasteiger partial charge >= 0.3 is 0 Å². The number of ether oxygens (including phenoxy) is 2. The largest absolute Gasteiger partial charge is 0.496 e. The Labute approximate surface area is 175 Å². The number of methoxy groups -OCH3 is 2. The van der Waals surface area contributed by atoms with Crippen LogP contribution in [0.15, 0.2) is 78.9 Å². The van der Waals surface area contributed by atoms with Gasteiger partial charge in [-0.25, -0.2) is 0 Å². The Bertz CT molecular complexity index is 1120. The summed E-state index contributed by atoms with van der Waals surface area (Å²) >= 11 is 6.05. The number of halogens is 1. The lowest BCUT2D eigenvalue weighted by atomic mass is 10.1. The molecule has 0 spiro atoms. The Hall–Kier alpha value is -3.24. The van der Waals surface area contributed by atoms with Crippen molar-refractivity contribution < 1.29 is 9.47 Å². The highest BCUT2D eigenvalue weighted by atomic mass is 35.5. The third-order valence-electron chi connectivity index (χ3n) is 4.79. The fourth-order valence-electron chi connectivity index (χ4n) is 3.36. The molecular weight excluding hydrogens is 384 g/mol. The Kier molecular flexibility index (Phi) is 5.54. The molecule has 0 saturated heterocycles. The lowest BCUT2D eigenvalue weighted by molar-refractivity contribution is 0.416. The van der Waals surface area contributed by atoms with Gasteiger partial charge in [0.05, 0.1) is 32.2 Å². The molecule has 0 fully saturated rings. The molecule has 3 aromatic carbocycles. The van der Waals surface area contributed by atoms with Crippen molar-refractivity contribution in [3.05, 3.63) is 89.4 Å². The fraction of sp³-hybridized carbons (Fsp3) is 0.125. The van der Waals surface area contributed by atoms with E-state index in [0.29, 0.717) is 11.6 Å². The van der Waals surface area contributed by atoms with E-state index in [-0.39, 0.29) is 0 Å². The van der Waals surface area contributed by atoms with Crippen LogP contribution in [0.25, 0.3) is 22.5 Å². The average molecular weight is 405 g/mol. The van der Waals surface area contributed by atoms with Crippen LogP contribution in [0.2, 0.25) is 5.02 Å². The van der Waals surface area contributed by atoms with E-state index < -0.39 is 0 Å². The van der Waals surface area contributed by atoms with Crippen LogP contribution in [-0.2, 0) is 6.54 Å². The second-order valence-electron chi connectivity index (χ2n) is 6.60. The number of rotatable bonds is 6. The first-order valence-electron chi connectivity index (χ1n) is 9.28. The van der Waals surface area contributed by atoms with Crippen molar-refractivity contribution in [3.8, 4) is 34.0 Å². The normalized spacial score (nSPS) is 10.7. The van der Waals surface area contributed by atoms with Crippen LogP contribution in [-0.4, -0.2) is 24.0 Å². The second kappa shape index (κ2) is 8.41. The van der Waals surface area contributed by atoms with Crippen LogP contribution in [0.5, 0.6) is 11.5 Å². The summed E-state index contributed by atoms with van der Waals surface area (Å²) in [5.41, 5.74) is 4.86. The smallest absolute Gasteiger partial charge is 0.128 e. The van der Waals surface area contributed by atoms with Gasteiger partial charge in [0.25, 0.3) is 0 Å². The van der Waals surface area contributed by atoms with Gasteiger partial charge in [0, 0.05) is 16.1 Å². The van der Waals surface area contributed by atoms with Gasteiger partial charge in [0.15, 0.2) is 0 Å². The molecule has 0 atom stereocenters. The molecule has 0 amide bonds. The van der Waals surface area contributed by atoms with Crippen LogP contribution in [0, 0.1) is 0 Å². The van der Waals surface area contributed by atoms with Gasteiger partial charge in [-0.3, -0.25) is 4.68 Å². The van der Waals surface area contributed by atoms with Crippen molar-refractivity contribution in [1.29, 1.82) is 0 Å². The van der Waals surface area contributed by atoms with E-state index >= 15 is 0 Å². The highest BCUT2D eigenvalue weighted by Gasteiger charge is 2.17. The number of para-hydroxylation sites is 2. The monoisotopic (exact) mass is 404 g/mol. The molecular formula is C24H21ClN2O2. The molecule has 146 valence electrons. The van der Waals surface area contributed by atoms with Crippen LogP contribution >= 0.6 is 11.6 Å². The maximum Gasteiger partial charge on any atom is 0.128 e. The van der Waals surface area contributed by atoms with Crippen LogP contribution in [0.4, 0.5) is 0 Å². The van der Waals surface area contributed by atoms with Crippen molar-refractivity contribution in [2.75, 3.05) is 14.2 Å². The summed E-state index contributed by atoms with van der Waals surface area (Å²) in [6, 6.07) is 25.7. The minimum Gasteiger partial charge on any atom is -0.496 e. The Morgan fingerprint density at radius 1 is 0.793 bits per heavy atom. The molecule has 1 heterocycles.